The molecule has 2 heterocycles. The fourth-order valence-electron chi connectivity index (χ4n) is 4.94. The van der Waals surface area contributed by atoms with Crippen LogP contribution in [0.15, 0.2) is 36.4 Å². The van der Waals surface area contributed by atoms with E-state index in [1.807, 2.05) is 0 Å². The van der Waals surface area contributed by atoms with Crippen LogP contribution >= 0.6 is 0 Å². The average molecular weight is 477 g/mol. The Bertz CT molecular complexity index is 1300. The molecule has 1 amide bonds. The van der Waals surface area contributed by atoms with Gasteiger partial charge in [0.25, 0.3) is 0 Å². The van der Waals surface area contributed by atoms with Crippen molar-refractivity contribution in [3.05, 3.63) is 76.0 Å². The summed E-state index contributed by atoms with van der Waals surface area (Å²) in [5.74, 6) is -1.75. The van der Waals surface area contributed by atoms with Crippen LogP contribution in [0, 0.1) is 11.6 Å². The highest BCUT2D eigenvalue weighted by molar-refractivity contribution is 5.75. The number of nitrogens with zero attached hydrogens (tertiary/aromatic N) is 3. The number of aliphatic hydroxyl groups excluding tert-OH is 1. The number of carbonyl (C=O) groups excluding carboxylic acids is 1. The second-order valence-electron chi connectivity index (χ2n) is 8.66. The summed E-state index contributed by atoms with van der Waals surface area (Å²) in [7, 11) is 0. The molecule has 1 aliphatic carbocycles. The van der Waals surface area contributed by atoms with E-state index in [9.17, 15) is 31.9 Å². The van der Waals surface area contributed by atoms with E-state index in [1.54, 1.807) is 4.90 Å². The zero-order chi connectivity index (χ0) is 24.4. The van der Waals surface area contributed by atoms with E-state index in [0.717, 1.165) is 24.3 Å². The minimum atomic E-state index is -4.56. The van der Waals surface area contributed by atoms with Gasteiger partial charge in [-0.2, -0.15) is 18.3 Å². The number of carbonyl (C=O) groups is 1. The molecule has 1 aromatic heterocycles. The molecule has 34 heavy (non-hydrogen) atoms. The number of amides is 1. The van der Waals surface area contributed by atoms with Crippen molar-refractivity contribution in [1.29, 1.82) is 0 Å². The fourth-order valence-corrected chi connectivity index (χ4v) is 4.94. The molecule has 2 aromatic carbocycles. The molecular weight excluding hydrogens is 457 g/mol. The maximum Gasteiger partial charge on any atom is 0.416 e. The Labute approximate surface area is 191 Å². The summed E-state index contributed by atoms with van der Waals surface area (Å²) in [6, 6.07) is 5.72. The number of fused-ring (bicyclic) bond motifs is 2. The molecule has 2 aliphatic rings. The largest absolute Gasteiger partial charge is 0.416 e. The van der Waals surface area contributed by atoms with Crippen LogP contribution < -0.4 is 0 Å². The van der Waals surface area contributed by atoms with E-state index >= 15 is 0 Å². The highest BCUT2D eigenvalue weighted by Gasteiger charge is 2.39. The van der Waals surface area contributed by atoms with Crippen LogP contribution in [0.1, 0.15) is 40.9 Å². The standard InChI is InChI=1S/C24H20F5N3O2/c1-12(33)31-6-5-20-18(11-31)22(13-3-2-4-14(7-13)24(27,28)29)30-32(20)23-17-8-15(25)9-19(26)16(17)10-21(23)34/h2-4,7-9,21,23,34H,5-6,10-11H2,1H3/t21-,23?/m1/s1. The Hall–Kier alpha value is -3.27. The maximum absolute atomic E-state index is 14.4. The second-order valence-corrected chi connectivity index (χ2v) is 8.66. The Balaban J connectivity index is 1.69. The van der Waals surface area contributed by atoms with Gasteiger partial charge < -0.3 is 10.0 Å². The molecule has 0 bridgehead atoms. The maximum atomic E-state index is 14.4. The first-order valence-electron chi connectivity index (χ1n) is 10.7. The lowest BCUT2D eigenvalue weighted by atomic mass is 9.99. The third kappa shape index (κ3) is 3.66. The van der Waals surface area contributed by atoms with E-state index in [2.05, 4.69) is 5.10 Å². The second kappa shape index (κ2) is 7.90. The van der Waals surface area contributed by atoms with Crippen LogP contribution in [0.3, 0.4) is 0 Å². The molecule has 178 valence electrons. The molecule has 0 radical (unpaired) electrons. The quantitative estimate of drug-likeness (QED) is 0.562. The van der Waals surface area contributed by atoms with Crippen molar-refractivity contribution in [3.63, 3.8) is 0 Å². The Morgan fingerprint density at radius 2 is 1.91 bits per heavy atom. The van der Waals surface area contributed by atoms with Crippen molar-refractivity contribution in [2.45, 2.75) is 44.6 Å². The first-order valence-corrected chi connectivity index (χ1v) is 10.7. The number of benzene rings is 2. The van der Waals surface area contributed by atoms with Crippen molar-refractivity contribution >= 4 is 5.91 Å². The normalized spacial score (nSPS) is 19.8. The number of halogens is 5. The summed E-state index contributed by atoms with van der Waals surface area (Å²) >= 11 is 0. The molecule has 2 atom stereocenters. The molecular formula is C24H20F5N3O2. The minimum Gasteiger partial charge on any atom is -0.390 e. The first-order chi connectivity index (χ1) is 16.0. The van der Waals surface area contributed by atoms with Crippen molar-refractivity contribution in [1.82, 2.24) is 14.7 Å². The summed E-state index contributed by atoms with van der Waals surface area (Å²) in [5, 5.41) is 15.4. The average Bonchev–Trinajstić information content (AvgIpc) is 3.30. The highest BCUT2D eigenvalue weighted by Crippen LogP contribution is 2.41. The predicted octanol–water partition coefficient (Wildman–Crippen LogP) is 4.26. The lowest BCUT2D eigenvalue weighted by molar-refractivity contribution is -0.137. The van der Waals surface area contributed by atoms with Gasteiger partial charge in [0, 0.05) is 55.7 Å². The number of aliphatic hydroxyl groups is 1. The van der Waals surface area contributed by atoms with Gasteiger partial charge in [0.2, 0.25) is 5.91 Å². The van der Waals surface area contributed by atoms with E-state index in [4.69, 9.17) is 0 Å². The summed E-state index contributed by atoms with van der Waals surface area (Å²) in [5.41, 5.74) is 1.20. The number of hydrogen-bond acceptors (Lipinski definition) is 3. The van der Waals surface area contributed by atoms with Gasteiger partial charge in [-0.1, -0.05) is 12.1 Å². The molecule has 1 aliphatic heterocycles. The molecule has 5 rings (SSSR count). The third-order valence-electron chi connectivity index (χ3n) is 6.55. The smallest absolute Gasteiger partial charge is 0.390 e. The molecule has 3 aromatic rings. The molecule has 0 spiro atoms. The number of rotatable bonds is 2. The van der Waals surface area contributed by atoms with Gasteiger partial charge in [-0.15, -0.1) is 0 Å². The Morgan fingerprint density at radius 3 is 2.62 bits per heavy atom. The van der Waals surface area contributed by atoms with Crippen LogP contribution in [0.5, 0.6) is 0 Å². The summed E-state index contributed by atoms with van der Waals surface area (Å²) < 4.78 is 70.0. The molecule has 10 heteroatoms. The first kappa shape index (κ1) is 22.5. The highest BCUT2D eigenvalue weighted by atomic mass is 19.4. The zero-order valence-electron chi connectivity index (χ0n) is 18.0. The molecule has 0 fully saturated rings. The molecule has 0 saturated heterocycles. The van der Waals surface area contributed by atoms with E-state index in [0.29, 0.717) is 24.2 Å². The monoisotopic (exact) mass is 477 g/mol. The van der Waals surface area contributed by atoms with E-state index < -0.39 is 35.5 Å². The van der Waals surface area contributed by atoms with Crippen LogP contribution in [-0.2, 0) is 30.4 Å². The molecule has 5 nitrogen and oxygen atoms in total. The zero-order valence-corrected chi connectivity index (χ0v) is 18.0. The topological polar surface area (TPSA) is 58.4 Å². The van der Waals surface area contributed by atoms with Crippen molar-refractivity contribution in [2.75, 3.05) is 6.54 Å². The van der Waals surface area contributed by atoms with Gasteiger partial charge in [0.05, 0.1) is 17.4 Å². The van der Waals surface area contributed by atoms with Gasteiger partial charge in [-0.3, -0.25) is 9.48 Å². The summed E-state index contributed by atoms with van der Waals surface area (Å²) in [4.78, 5) is 13.6. The third-order valence-corrected chi connectivity index (χ3v) is 6.55. The summed E-state index contributed by atoms with van der Waals surface area (Å²) in [6.07, 6.45) is -5.37. The molecule has 0 saturated carbocycles. The van der Waals surface area contributed by atoms with Crippen molar-refractivity contribution < 1.29 is 31.9 Å². The van der Waals surface area contributed by atoms with Gasteiger partial charge in [-0.25, -0.2) is 8.78 Å². The number of aromatic nitrogens is 2. The Kier molecular flexibility index (Phi) is 5.23. The van der Waals surface area contributed by atoms with Crippen LogP contribution in [0.25, 0.3) is 11.3 Å². The molecule has 1 N–H and O–H groups in total. The van der Waals surface area contributed by atoms with Gasteiger partial charge >= 0.3 is 6.18 Å². The summed E-state index contributed by atoms with van der Waals surface area (Å²) in [6.45, 7) is 1.88. The number of alkyl halides is 3. The van der Waals surface area contributed by atoms with Crippen molar-refractivity contribution in [3.8, 4) is 11.3 Å². The van der Waals surface area contributed by atoms with Crippen LogP contribution in [0.2, 0.25) is 0 Å². The number of hydrogen-bond donors (Lipinski definition) is 1. The van der Waals surface area contributed by atoms with Gasteiger partial charge in [0.1, 0.15) is 17.7 Å². The molecule has 1 unspecified atom stereocenters. The fraction of sp³-hybridized carbons (Fsp3) is 0.333. The SMILES string of the molecule is CC(=O)N1CCc2c(c(-c3cccc(C(F)(F)F)c3)nn2C2c3cc(F)cc(F)c3C[C@H]2O)C1. The minimum absolute atomic E-state index is 0.0425. The van der Waals surface area contributed by atoms with Gasteiger partial charge in [-0.05, 0) is 29.3 Å². The van der Waals surface area contributed by atoms with Crippen LogP contribution in [-0.4, -0.2) is 38.3 Å². The lowest BCUT2D eigenvalue weighted by Crippen LogP contribution is -2.35. The van der Waals surface area contributed by atoms with E-state index in [-0.39, 0.29) is 41.3 Å². The van der Waals surface area contributed by atoms with Gasteiger partial charge in [0.15, 0.2) is 0 Å². The van der Waals surface area contributed by atoms with E-state index in [1.165, 1.54) is 23.7 Å². The lowest BCUT2D eigenvalue weighted by Gasteiger charge is -2.28. The van der Waals surface area contributed by atoms with Crippen molar-refractivity contribution in [2.24, 2.45) is 0 Å². The Morgan fingerprint density at radius 1 is 1.15 bits per heavy atom. The predicted molar refractivity (Wildman–Crippen MR) is 112 cm³/mol. The van der Waals surface area contributed by atoms with Crippen LogP contribution in [0.4, 0.5) is 22.0 Å².